The predicted octanol–water partition coefficient (Wildman–Crippen LogP) is 13.0. The van der Waals surface area contributed by atoms with Crippen molar-refractivity contribution < 1.29 is 28.8 Å². The number of piperidine rings is 6. The quantitative estimate of drug-likeness (QED) is 0.0731. The summed E-state index contributed by atoms with van der Waals surface area (Å²) in [6.45, 7) is 20.1. The van der Waals surface area contributed by atoms with Crippen molar-refractivity contribution in [3.05, 3.63) is 140 Å². The van der Waals surface area contributed by atoms with Gasteiger partial charge in [-0.3, -0.25) is 28.8 Å². The molecule has 27 heteroatoms. The number of nitrogens with two attached hydrogens (primary N) is 3. The molecule has 6 fully saturated rings. The topological polar surface area (TPSA) is 313 Å². The standard InChI is InChI=1S/3C27H34N6O2S/c3*1-16-4-6-22(33(15-16)27(35)25(34)30-20-12-17(2)24(28)29-14-20)19-5-7-23-21(13-19)31-26(36-23)18-8-10-32(3)11-9-18/h3*5,7,12-14,16,18,22H,4,6,8-11,15H2,1-3H3,(H2,28,29)(H,30,34)/t2*16-,22+;/m10./s1. The first-order valence-electron chi connectivity index (χ1n) is 38.1. The van der Waals surface area contributed by atoms with Crippen molar-refractivity contribution in [2.75, 3.05) is 113 Å². The zero-order chi connectivity index (χ0) is 76.2. The summed E-state index contributed by atoms with van der Waals surface area (Å²) in [5.74, 6) is 0.235. The van der Waals surface area contributed by atoms with E-state index < -0.39 is 35.4 Å². The number of pyridine rings is 3. The molecule has 24 nitrogen and oxygen atoms in total. The highest BCUT2D eigenvalue weighted by molar-refractivity contribution is 7.19. The van der Waals surface area contributed by atoms with Crippen molar-refractivity contribution in [3.63, 3.8) is 0 Å². The number of amides is 6. The average molecular weight is 1520 g/mol. The molecule has 6 aromatic heterocycles. The Morgan fingerprint density at radius 3 is 0.889 bits per heavy atom. The molecule has 9 N–H and O–H groups in total. The molecule has 6 aliphatic rings. The number of hydrogen-bond acceptors (Lipinski definition) is 21. The number of anilines is 6. The maximum Gasteiger partial charge on any atom is 0.313 e. The summed E-state index contributed by atoms with van der Waals surface area (Å²) in [5, 5.41) is 11.8. The highest BCUT2D eigenvalue weighted by atomic mass is 32.1. The molecule has 12 heterocycles. The predicted molar refractivity (Wildman–Crippen MR) is 432 cm³/mol. The van der Waals surface area contributed by atoms with Crippen molar-refractivity contribution in [1.82, 2.24) is 59.3 Å². The number of carbonyl (C=O) groups is 6. The number of aromatic nitrogens is 6. The van der Waals surface area contributed by atoms with Gasteiger partial charge in [-0.05, 0) is 264 Å². The van der Waals surface area contributed by atoms with Crippen molar-refractivity contribution >= 4 is 135 Å². The van der Waals surface area contributed by atoms with Gasteiger partial charge in [0.2, 0.25) is 0 Å². The molecule has 6 atom stereocenters. The number of fused-ring (bicyclic) bond motifs is 3. The maximum atomic E-state index is 13.3. The van der Waals surface area contributed by atoms with Gasteiger partial charge in [-0.25, -0.2) is 29.9 Å². The minimum atomic E-state index is -0.653. The van der Waals surface area contributed by atoms with E-state index in [2.05, 4.69) is 142 Å². The van der Waals surface area contributed by atoms with Crippen LogP contribution < -0.4 is 33.2 Å². The average Bonchev–Trinajstić information content (AvgIpc) is 1.46. The highest BCUT2D eigenvalue weighted by Gasteiger charge is 2.39. The van der Waals surface area contributed by atoms with Crippen LogP contribution >= 0.6 is 34.0 Å². The lowest BCUT2D eigenvalue weighted by atomic mass is 9.89. The third kappa shape index (κ3) is 18.1. The Bertz CT molecular complexity index is 4320. The molecule has 0 bridgehead atoms. The molecule has 15 rings (SSSR count). The summed E-state index contributed by atoms with van der Waals surface area (Å²) >= 11 is 5.36. The van der Waals surface area contributed by atoms with Crippen LogP contribution in [0.2, 0.25) is 0 Å². The van der Waals surface area contributed by atoms with Gasteiger partial charge >= 0.3 is 35.4 Å². The van der Waals surface area contributed by atoms with Gasteiger partial charge in [0.25, 0.3) is 0 Å². The number of aryl methyl sites for hydroxylation is 3. The number of nitrogens with one attached hydrogen (secondary N) is 3. The summed E-state index contributed by atoms with van der Waals surface area (Å²) < 4.78 is 3.54. The molecule has 6 amide bonds. The van der Waals surface area contributed by atoms with E-state index in [0.29, 0.717) is 89.7 Å². The number of rotatable bonds is 9. The minimum Gasteiger partial charge on any atom is -0.383 e. The zero-order valence-corrected chi connectivity index (χ0v) is 65.9. The fourth-order valence-corrected chi connectivity index (χ4v) is 19.2. The molecule has 0 spiro atoms. The summed E-state index contributed by atoms with van der Waals surface area (Å²) in [6, 6.07) is 23.8. The molecule has 6 saturated heterocycles. The summed E-state index contributed by atoms with van der Waals surface area (Å²) in [6.07, 6.45) is 16.8. The summed E-state index contributed by atoms with van der Waals surface area (Å²) in [4.78, 5) is 118. The number of benzene rings is 3. The molecular formula is C81H102N18O6S3. The Morgan fingerprint density at radius 1 is 0.380 bits per heavy atom. The van der Waals surface area contributed by atoms with Gasteiger partial charge < -0.3 is 62.6 Å². The molecule has 2 unspecified atom stereocenters. The van der Waals surface area contributed by atoms with E-state index in [9.17, 15) is 28.8 Å². The number of likely N-dealkylation sites (tertiary alicyclic amines) is 6. The molecule has 0 radical (unpaired) electrons. The first-order valence-corrected chi connectivity index (χ1v) is 40.6. The second kappa shape index (κ2) is 33.8. The van der Waals surface area contributed by atoms with Crippen LogP contribution in [-0.2, 0) is 28.8 Å². The Balaban J connectivity index is 0.000000143. The molecule has 570 valence electrons. The molecular weight excluding hydrogens is 1420 g/mol. The lowest BCUT2D eigenvalue weighted by Crippen LogP contribution is -2.46. The van der Waals surface area contributed by atoms with E-state index in [1.165, 1.54) is 47.7 Å². The fraction of sp³-hybridized carbons (Fsp3) is 0.481. The van der Waals surface area contributed by atoms with Crippen molar-refractivity contribution in [2.24, 2.45) is 17.8 Å². The number of carbonyl (C=O) groups excluding carboxylic acids is 6. The van der Waals surface area contributed by atoms with E-state index in [1.54, 1.807) is 66.9 Å². The van der Waals surface area contributed by atoms with Crippen LogP contribution in [0.1, 0.15) is 182 Å². The Kier molecular flexibility index (Phi) is 24.1. The van der Waals surface area contributed by atoms with Gasteiger partial charge in [0.1, 0.15) is 17.5 Å². The smallest absolute Gasteiger partial charge is 0.313 e. The van der Waals surface area contributed by atoms with Crippen LogP contribution in [0.15, 0.2) is 91.4 Å². The van der Waals surface area contributed by atoms with Crippen molar-refractivity contribution in [1.29, 1.82) is 0 Å². The Morgan fingerprint density at radius 2 is 0.639 bits per heavy atom. The van der Waals surface area contributed by atoms with Crippen LogP contribution in [0.5, 0.6) is 0 Å². The second-order valence-corrected chi connectivity index (χ2v) is 34.4. The number of nitrogens with zero attached hydrogens (tertiary/aromatic N) is 12. The molecule has 6 aliphatic heterocycles. The summed E-state index contributed by atoms with van der Waals surface area (Å²) in [7, 11) is 6.52. The zero-order valence-electron chi connectivity index (χ0n) is 63.5. The van der Waals surface area contributed by atoms with Crippen LogP contribution in [0, 0.1) is 38.5 Å². The van der Waals surface area contributed by atoms with E-state index in [-0.39, 0.29) is 18.1 Å². The Hall–Kier alpha value is -9.12. The first-order chi connectivity index (χ1) is 51.8. The van der Waals surface area contributed by atoms with Crippen molar-refractivity contribution in [2.45, 2.75) is 154 Å². The summed E-state index contributed by atoms with van der Waals surface area (Å²) in [5.41, 5.74) is 27.1. The highest BCUT2D eigenvalue weighted by Crippen LogP contribution is 2.43. The monoisotopic (exact) mass is 1520 g/mol. The molecule has 108 heavy (non-hydrogen) atoms. The van der Waals surface area contributed by atoms with Crippen molar-refractivity contribution in [3.8, 4) is 0 Å². The number of hydrogen-bond donors (Lipinski definition) is 6. The number of thiazole rings is 3. The fourth-order valence-electron chi connectivity index (χ4n) is 15.9. The third-order valence-electron chi connectivity index (χ3n) is 22.6. The van der Waals surface area contributed by atoms with Crippen LogP contribution in [0.3, 0.4) is 0 Å². The van der Waals surface area contributed by atoms with Crippen LogP contribution in [0.25, 0.3) is 30.6 Å². The largest absolute Gasteiger partial charge is 0.383 e. The van der Waals surface area contributed by atoms with Gasteiger partial charge in [-0.1, -0.05) is 39.0 Å². The molecule has 0 saturated carbocycles. The van der Waals surface area contributed by atoms with E-state index in [0.717, 1.165) is 166 Å². The molecule has 0 aliphatic carbocycles. The van der Waals surface area contributed by atoms with Crippen LogP contribution in [0.4, 0.5) is 34.5 Å². The Labute approximate surface area is 644 Å². The van der Waals surface area contributed by atoms with Gasteiger partial charge in [0, 0.05) is 37.4 Å². The minimum absolute atomic E-state index is 0.149. The third-order valence-corrected chi connectivity index (χ3v) is 26.2. The normalized spacial score (nSPS) is 21.6. The van der Waals surface area contributed by atoms with E-state index in [1.807, 2.05) is 20.8 Å². The molecule has 3 aromatic carbocycles. The van der Waals surface area contributed by atoms with Gasteiger partial charge in [-0.15, -0.1) is 34.0 Å². The van der Waals surface area contributed by atoms with Gasteiger partial charge in [-0.2, -0.15) is 0 Å². The van der Waals surface area contributed by atoms with E-state index >= 15 is 0 Å². The maximum absolute atomic E-state index is 13.3. The lowest BCUT2D eigenvalue weighted by Gasteiger charge is -2.38. The first kappa shape index (κ1) is 77.1. The van der Waals surface area contributed by atoms with E-state index in [4.69, 9.17) is 32.2 Å². The number of nitrogen functional groups attached to an aromatic ring is 3. The second-order valence-electron chi connectivity index (χ2n) is 31.2. The lowest BCUT2D eigenvalue weighted by molar-refractivity contribution is -0.146. The SMILES string of the molecule is Cc1cc(NC(=O)C(=O)N2CC(C)CCC2c2ccc3sc(C4CCN(C)CC4)nc3c2)cnc1N.Cc1cc(NC(=O)C(=O)N2C[C@@H](C)CC[C@@H]2c2ccc3sc(C4CCN(C)CC4)nc3c2)cnc1N.Cc1cc(NC(=O)C(=O)N2C[C@H](C)CC[C@H]2c2ccc3sc(C4CCN(C)CC4)nc3c2)cnc1N. The van der Waals surface area contributed by atoms with Gasteiger partial charge in [0.15, 0.2) is 0 Å². The van der Waals surface area contributed by atoms with Gasteiger partial charge in [0.05, 0.1) is 99.5 Å². The van der Waals surface area contributed by atoms with Crippen LogP contribution in [-0.4, -0.2) is 175 Å². The molecule has 9 aromatic rings.